The number of anilines is 1. The minimum Gasteiger partial charge on any atom is -0.482 e. The Morgan fingerprint density at radius 2 is 1.79 bits per heavy atom. The number of thioether (sulfide) groups is 1. The Bertz CT molecular complexity index is 1700. The number of nitrogens with zero attached hydrogens (tertiary/aromatic N) is 1. The number of rotatable bonds is 6. The number of thiazole rings is 1. The number of aromatic nitrogens is 1. The molecule has 2 saturated carbocycles. The molecule has 4 aliphatic rings. The Kier molecular flexibility index (Phi) is 6.73. The third kappa shape index (κ3) is 4.42. The van der Waals surface area contributed by atoms with E-state index in [1.54, 1.807) is 19.1 Å². The van der Waals surface area contributed by atoms with Crippen molar-refractivity contribution in [2.75, 3.05) is 18.1 Å². The van der Waals surface area contributed by atoms with Crippen LogP contribution in [0.15, 0.2) is 58.4 Å². The predicted molar refractivity (Wildman–Crippen MR) is 151 cm³/mol. The van der Waals surface area contributed by atoms with E-state index in [9.17, 15) is 32.3 Å². The number of hydrogen-bond donors (Lipinski definition) is 1. The molecule has 8 nitrogen and oxygen atoms in total. The van der Waals surface area contributed by atoms with Crippen molar-refractivity contribution in [3.8, 4) is 5.75 Å². The molecule has 1 N–H and O–H groups in total. The summed E-state index contributed by atoms with van der Waals surface area (Å²) >= 11 is 2.60. The molecule has 3 heterocycles. The van der Waals surface area contributed by atoms with E-state index in [1.807, 2.05) is 12.1 Å². The Balaban J connectivity index is 1.27. The summed E-state index contributed by atoms with van der Waals surface area (Å²) in [6, 6.07) is 11.6. The largest absolute Gasteiger partial charge is 0.482 e. The fraction of sp³-hybridized carbons (Fsp3) is 0.400. The Morgan fingerprint density at radius 1 is 1.05 bits per heavy atom. The highest BCUT2D eigenvalue weighted by Crippen LogP contribution is 2.69. The Labute approximate surface area is 251 Å². The van der Waals surface area contributed by atoms with Crippen LogP contribution in [0, 0.1) is 29.6 Å². The smallest absolute Gasteiger partial charge is 0.416 e. The second-order valence-corrected chi connectivity index (χ2v) is 13.4. The first kappa shape index (κ1) is 28.2. The molecule has 1 saturated heterocycles. The standard InChI is InChI=1S/C30H25F3N2O6S2/c1-2-40-19(36)12-41-18-9-4-3-8-15(18)20-21-16-11-17(24(21)42-26-25(20)43-29(39)34-26)23-22(16)27(37)35(28(23)38)14-7-5-6-13(10-14)30(31,32)33/h3-10,16-17,20-24H,2,11-12H2,1H3,(H,34,39)/t16-,17-,20-,21?,22?,23?,24?/m1/s1. The average molecular weight is 631 g/mol. The molecule has 2 aliphatic heterocycles. The van der Waals surface area contributed by atoms with Gasteiger partial charge in [-0.15, -0.1) is 11.8 Å². The lowest BCUT2D eigenvalue weighted by Gasteiger charge is -2.43. The number of alkyl halides is 3. The van der Waals surface area contributed by atoms with Crippen molar-refractivity contribution in [3.63, 3.8) is 0 Å². The monoisotopic (exact) mass is 630 g/mol. The summed E-state index contributed by atoms with van der Waals surface area (Å²) in [6.45, 7) is 1.61. The molecular formula is C30H25F3N2O6S2. The van der Waals surface area contributed by atoms with Crippen LogP contribution < -0.4 is 14.5 Å². The number of nitrogens with one attached hydrogen (secondary N) is 1. The zero-order valence-corrected chi connectivity index (χ0v) is 24.3. The Morgan fingerprint density at radius 3 is 2.53 bits per heavy atom. The Hall–Kier alpha value is -3.58. The number of amides is 2. The number of para-hydroxylation sites is 1. The van der Waals surface area contributed by atoms with Crippen LogP contribution in [0.2, 0.25) is 0 Å². The van der Waals surface area contributed by atoms with E-state index in [0.29, 0.717) is 17.2 Å². The topological polar surface area (TPSA) is 106 Å². The number of hydrogen-bond acceptors (Lipinski definition) is 8. The van der Waals surface area contributed by atoms with Gasteiger partial charge in [0.05, 0.1) is 34.7 Å². The number of aromatic amines is 1. The number of carbonyl (C=O) groups excluding carboxylic acids is 3. The van der Waals surface area contributed by atoms with Crippen LogP contribution in [-0.2, 0) is 25.3 Å². The van der Waals surface area contributed by atoms with Crippen LogP contribution in [0.4, 0.5) is 18.9 Å². The van der Waals surface area contributed by atoms with Gasteiger partial charge in [-0.2, -0.15) is 13.2 Å². The van der Waals surface area contributed by atoms with Gasteiger partial charge < -0.3 is 14.5 Å². The predicted octanol–water partition coefficient (Wildman–Crippen LogP) is 5.08. The molecule has 2 bridgehead atoms. The molecule has 43 heavy (non-hydrogen) atoms. The molecule has 224 valence electrons. The molecule has 1 aromatic heterocycles. The number of halogens is 3. The quantitative estimate of drug-likeness (QED) is 0.299. The highest BCUT2D eigenvalue weighted by molar-refractivity contribution is 8.00. The van der Waals surface area contributed by atoms with Crippen LogP contribution in [0.25, 0.3) is 0 Å². The lowest BCUT2D eigenvalue weighted by atomic mass is 9.68. The van der Waals surface area contributed by atoms with Crippen molar-refractivity contribution in [1.82, 2.24) is 4.98 Å². The van der Waals surface area contributed by atoms with Gasteiger partial charge in [0.25, 0.3) is 0 Å². The van der Waals surface area contributed by atoms with Gasteiger partial charge in [-0.25, -0.2) is 4.79 Å². The number of carbonyl (C=O) groups is 3. The molecule has 3 fully saturated rings. The van der Waals surface area contributed by atoms with Crippen LogP contribution in [-0.4, -0.2) is 41.2 Å². The fourth-order valence-electron chi connectivity index (χ4n) is 7.65. The van der Waals surface area contributed by atoms with E-state index in [2.05, 4.69) is 4.98 Å². The third-order valence-electron chi connectivity index (χ3n) is 9.06. The van der Waals surface area contributed by atoms with Gasteiger partial charge in [0.1, 0.15) is 5.75 Å². The van der Waals surface area contributed by atoms with Crippen molar-refractivity contribution >= 4 is 46.6 Å². The van der Waals surface area contributed by atoms with Crippen molar-refractivity contribution in [3.05, 3.63) is 74.2 Å². The summed E-state index contributed by atoms with van der Waals surface area (Å²) in [6.07, 6.45) is -4.00. The molecule has 7 atom stereocenters. The molecule has 2 amide bonds. The summed E-state index contributed by atoms with van der Waals surface area (Å²) in [5.74, 6) is -3.30. The lowest BCUT2D eigenvalue weighted by molar-refractivity contribution is -0.145. The van der Waals surface area contributed by atoms with E-state index in [-0.39, 0.29) is 52.7 Å². The van der Waals surface area contributed by atoms with Gasteiger partial charge in [-0.1, -0.05) is 35.6 Å². The zero-order chi connectivity index (χ0) is 30.2. The first-order chi connectivity index (χ1) is 20.6. The summed E-state index contributed by atoms with van der Waals surface area (Å²) in [4.78, 5) is 56.8. The molecule has 13 heteroatoms. The molecular weight excluding hydrogens is 605 g/mol. The van der Waals surface area contributed by atoms with Gasteiger partial charge in [0.2, 0.25) is 11.8 Å². The normalized spacial score (nSPS) is 28.9. The minimum atomic E-state index is -4.62. The van der Waals surface area contributed by atoms with Crippen molar-refractivity contribution < 1.29 is 37.0 Å². The van der Waals surface area contributed by atoms with E-state index in [0.717, 1.165) is 38.8 Å². The maximum atomic E-state index is 13.9. The number of H-pyrrole nitrogens is 1. The summed E-state index contributed by atoms with van der Waals surface area (Å²) < 4.78 is 51.3. The van der Waals surface area contributed by atoms with Crippen LogP contribution in [0.1, 0.15) is 35.3 Å². The van der Waals surface area contributed by atoms with Gasteiger partial charge >= 0.3 is 17.0 Å². The molecule has 4 unspecified atom stereocenters. The van der Waals surface area contributed by atoms with E-state index < -0.39 is 41.4 Å². The average Bonchev–Trinajstić information content (AvgIpc) is 3.70. The number of ether oxygens (including phenoxy) is 2. The molecule has 2 aliphatic carbocycles. The SMILES string of the molecule is CCOC(=O)COc1ccccc1[C@H]1c2sc(=O)[nH]c2SC2C1[C@H]1C[C@@H]2C2C(=O)N(c3cccc(C(F)(F)F)c3)C(=O)C21. The fourth-order valence-corrected chi connectivity index (χ4v) is 10.5. The minimum absolute atomic E-state index is 0.0769. The summed E-state index contributed by atoms with van der Waals surface area (Å²) in [7, 11) is 0. The van der Waals surface area contributed by atoms with E-state index in [4.69, 9.17) is 9.47 Å². The maximum Gasteiger partial charge on any atom is 0.416 e. The first-order valence-electron chi connectivity index (χ1n) is 13.9. The number of fused-ring (bicyclic) bond motifs is 9. The highest BCUT2D eigenvalue weighted by atomic mass is 32.2. The van der Waals surface area contributed by atoms with Crippen molar-refractivity contribution in [2.24, 2.45) is 29.6 Å². The van der Waals surface area contributed by atoms with Gasteiger partial charge in [0, 0.05) is 21.6 Å². The molecule has 2 aromatic carbocycles. The van der Waals surface area contributed by atoms with Gasteiger partial charge in [0.15, 0.2) is 6.61 Å². The lowest BCUT2D eigenvalue weighted by Crippen LogP contribution is -2.42. The molecule has 0 spiro atoms. The number of benzene rings is 2. The van der Waals surface area contributed by atoms with Gasteiger partial charge in [-0.3, -0.25) is 19.3 Å². The molecule has 0 radical (unpaired) electrons. The van der Waals surface area contributed by atoms with E-state index >= 15 is 0 Å². The van der Waals surface area contributed by atoms with Crippen LogP contribution in [0.3, 0.4) is 0 Å². The molecule has 7 rings (SSSR count). The summed E-state index contributed by atoms with van der Waals surface area (Å²) in [5, 5.41) is 0.586. The zero-order valence-electron chi connectivity index (χ0n) is 22.6. The molecule has 3 aromatic rings. The third-order valence-corrected chi connectivity index (χ3v) is 11.6. The van der Waals surface area contributed by atoms with Gasteiger partial charge in [-0.05, 0) is 55.4 Å². The first-order valence-corrected chi connectivity index (χ1v) is 15.6. The van der Waals surface area contributed by atoms with Crippen LogP contribution in [0.5, 0.6) is 5.75 Å². The van der Waals surface area contributed by atoms with Crippen molar-refractivity contribution in [1.29, 1.82) is 0 Å². The van der Waals surface area contributed by atoms with E-state index in [1.165, 1.54) is 23.9 Å². The van der Waals surface area contributed by atoms with Crippen molar-refractivity contribution in [2.45, 2.75) is 35.7 Å². The highest BCUT2D eigenvalue weighted by Gasteiger charge is 2.70. The number of imide groups is 1. The van der Waals surface area contributed by atoms with Crippen LogP contribution >= 0.6 is 23.1 Å². The number of esters is 1. The second-order valence-electron chi connectivity index (χ2n) is 11.2. The summed E-state index contributed by atoms with van der Waals surface area (Å²) in [5.41, 5.74) is -0.246. The maximum absolute atomic E-state index is 13.9. The second kappa shape index (κ2) is 10.3.